The maximum atomic E-state index is 13.5. The molecule has 1 heterocycles. The predicted octanol–water partition coefficient (Wildman–Crippen LogP) is 3.27. The van der Waals surface area contributed by atoms with Crippen LogP contribution in [-0.4, -0.2) is 37.1 Å². The van der Waals surface area contributed by atoms with Crippen LogP contribution >= 0.6 is 0 Å². The van der Waals surface area contributed by atoms with Gasteiger partial charge in [-0.05, 0) is 32.3 Å². The van der Waals surface area contributed by atoms with Gasteiger partial charge in [-0.15, -0.1) is 0 Å². The minimum atomic E-state index is -0.445. The summed E-state index contributed by atoms with van der Waals surface area (Å²) in [6.07, 6.45) is 0. The third-order valence-corrected chi connectivity index (χ3v) is 3.78. The van der Waals surface area contributed by atoms with E-state index in [2.05, 4.69) is 4.98 Å². The van der Waals surface area contributed by atoms with E-state index in [9.17, 15) is 9.18 Å². The van der Waals surface area contributed by atoms with E-state index in [1.807, 2.05) is 49.3 Å². The number of likely N-dealkylation sites (N-methyl/N-ethyl adjacent to an activating group) is 1. The zero-order valence-electron chi connectivity index (χ0n) is 13.7. The van der Waals surface area contributed by atoms with Crippen molar-refractivity contribution >= 4 is 10.8 Å². The second kappa shape index (κ2) is 6.84. The van der Waals surface area contributed by atoms with Crippen LogP contribution in [0, 0.1) is 5.82 Å². The van der Waals surface area contributed by atoms with Crippen LogP contribution in [0.25, 0.3) is 22.0 Å². The molecule has 0 radical (unpaired) electrons. The summed E-state index contributed by atoms with van der Waals surface area (Å²) in [6.45, 7) is 1.20. The van der Waals surface area contributed by atoms with E-state index in [1.165, 1.54) is 12.1 Å². The second-order valence-corrected chi connectivity index (χ2v) is 5.87. The van der Waals surface area contributed by atoms with Crippen molar-refractivity contribution in [3.63, 3.8) is 0 Å². The van der Waals surface area contributed by atoms with Gasteiger partial charge in [-0.3, -0.25) is 4.79 Å². The molecule has 0 saturated carbocycles. The number of fused-ring (bicyclic) bond motifs is 1. The topological polar surface area (TPSA) is 45.3 Å². The SMILES string of the molecule is CN(C)CCOc1c(-c2ccccc2)[nH]c(=O)c2cc(F)ccc12. The van der Waals surface area contributed by atoms with Gasteiger partial charge in [-0.1, -0.05) is 30.3 Å². The van der Waals surface area contributed by atoms with Gasteiger partial charge in [-0.25, -0.2) is 4.39 Å². The number of nitrogens with zero attached hydrogens (tertiary/aromatic N) is 1. The molecule has 3 aromatic rings. The van der Waals surface area contributed by atoms with Crippen molar-refractivity contribution in [1.82, 2.24) is 9.88 Å². The Hall–Kier alpha value is -2.66. The summed E-state index contributed by atoms with van der Waals surface area (Å²) in [5.74, 6) is 0.123. The summed E-state index contributed by atoms with van der Waals surface area (Å²) >= 11 is 0. The Balaban J connectivity index is 2.18. The smallest absolute Gasteiger partial charge is 0.256 e. The van der Waals surface area contributed by atoms with Crippen LogP contribution in [0.4, 0.5) is 4.39 Å². The normalized spacial score (nSPS) is 11.2. The van der Waals surface area contributed by atoms with Crippen molar-refractivity contribution in [1.29, 1.82) is 0 Å². The monoisotopic (exact) mass is 326 g/mol. The third-order valence-electron chi connectivity index (χ3n) is 3.78. The van der Waals surface area contributed by atoms with E-state index in [1.54, 1.807) is 6.07 Å². The van der Waals surface area contributed by atoms with Gasteiger partial charge >= 0.3 is 0 Å². The Kier molecular flexibility index (Phi) is 4.62. The quantitative estimate of drug-likeness (QED) is 0.783. The lowest BCUT2D eigenvalue weighted by Gasteiger charge is -2.16. The molecule has 0 spiro atoms. The number of hydrogen-bond donors (Lipinski definition) is 1. The first kappa shape index (κ1) is 16.2. The first-order chi connectivity index (χ1) is 11.6. The largest absolute Gasteiger partial charge is 0.489 e. The number of pyridine rings is 1. The highest BCUT2D eigenvalue weighted by atomic mass is 19.1. The number of ether oxygens (including phenoxy) is 1. The number of rotatable bonds is 5. The Morgan fingerprint density at radius 1 is 1.08 bits per heavy atom. The first-order valence-corrected chi connectivity index (χ1v) is 7.75. The average Bonchev–Trinajstić information content (AvgIpc) is 2.57. The molecule has 3 rings (SSSR count). The molecule has 0 amide bonds. The highest BCUT2D eigenvalue weighted by Gasteiger charge is 2.15. The lowest BCUT2D eigenvalue weighted by Crippen LogP contribution is -2.20. The Bertz CT molecular complexity index is 904. The van der Waals surface area contributed by atoms with Crippen LogP contribution in [0.2, 0.25) is 0 Å². The maximum Gasteiger partial charge on any atom is 0.256 e. The number of H-pyrrole nitrogens is 1. The van der Waals surface area contributed by atoms with Crippen LogP contribution in [0.15, 0.2) is 53.3 Å². The Morgan fingerprint density at radius 3 is 2.54 bits per heavy atom. The summed E-state index contributed by atoms with van der Waals surface area (Å²) in [4.78, 5) is 17.2. The molecule has 124 valence electrons. The lowest BCUT2D eigenvalue weighted by atomic mass is 10.1. The Labute approximate surface area is 139 Å². The van der Waals surface area contributed by atoms with Gasteiger partial charge in [0.1, 0.15) is 12.4 Å². The minimum Gasteiger partial charge on any atom is -0.489 e. The molecular formula is C19H19FN2O2. The van der Waals surface area contributed by atoms with Crippen LogP contribution in [0.5, 0.6) is 5.75 Å². The molecule has 0 bridgehead atoms. The molecule has 0 atom stereocenters. The van der Waals surface area contributed by atoms with E-state index in [-0.39, 0.29) is 10.9 Å². The second-order valence-electron chi connectivity index (χ2n) is 5.87. The number of halogens is 1. The van der Waals surface area contributed by atoms with Crippen molar-refractivity contribution < 1.29 is 9.13 Å². The molecule has 24 heavy (non-hydrogen) atoms. The molecule has 1 aromatic heterocycles. The van der Waals surface area contributed by atoms with Gasteiger partial charge < -0.3 is 14.6 Å². The van der Waals surface area contributed by atoms with Gasteiger partial charge in [0.2, 0.25) is 0 Å². The molecule has 4 nitrogen and oxygen atoms in total. The fourth-order valence-corrected chi connectivity index (χ4v) is 2.56. The Morgan fingerprint density at radius 2 is 1.83 bits per heavy atom. The summed E-state index contributed by atoms with van der Waals surface area (Å²) in [5.41, 5.74) is 1.13. The highest BCUT2D eigenvalue weighted by Crippen LogP contribution is 2.33. The summed E-state index contributed by atoms with van der Waals surface area (Å²) in [5, 5.41) is 0.896. The molecule has 0 fully saturated rings. The number of nitrogens with one attached hydrogen (secondary N) is 1. The predicted molar refractivity (Wildman–Crippen MR) is 94.0 cm³/mol. The van der Waals surface area contributed by atoms with E-state index < -0.39 is 5.82 Å². The van der Waals surface area contributed by atoms with Crippen molar-refractivity contribution in [3.8, 4) is 17.0 Å². The van der Waals surface area contributed by atoms with Gasteiger partial charge in [-0.2, -0.15) is 0 Å². The number of aromatic nitrogens is 1. The maximum absolute atomic E-state index is 13.5. The molecule has 0 aliphatic carbocycles. The average molecular weight is 326 g/mol. The van der Waals surface area contributed by atoms with Gasteiger partial charge in [0, 0.05) is 17.5 Å². The molecule has 1 N–H and O–H groups in total. The van der Waals surface area contributed by atoms with Crippen molar-refractivity contribution in [2.75, 3.05) is 27.2 Å². The van der Waals surface area contributed by atoms with E-state index >= 15 is 0 Å². The number of hydrogen-bond acceptors (Lipinski definition) is 3. The van der Waals surface area contributed by atoms with E-state index in [0.29, 0.717) is 23.4 Å². The summed E-state index contributed by atoms with van der Waals surface area (Å²) in [6, 6.07) is 13.7. The van der Waals surface area contributed by atoms with Crippen molar-refractivity contribution in [2.45, 2.75) is 0 Å². The fraction of sp³-hybridized carbons (Fsp3) is 0.211. The van der Waals surface area contributed by atoms with Crippen molar-refractivity contribution in [2.24, 2.45) is 0 Å². The highest BCUT2D eigenvalue weighted by molar-refractivity contribution is 5.92. The zero-order valence-corrected chi connectivity index (χ0v) is 13.7. The molecule has 0 unspecified atom stereocenters. The number of benzene rings is 2. The lowest BCUT2D eigenvalue weighted by molar-refractivity contribution is 0.264. The zero-order chi connectivity index (χ0) is 17.1. The molecule has 2 aromatic carbocycles. The van der Waals surface area contributed by atoms with Gasteiger partial charge in [0.05, 0.1) is 11.1 Å². The van der Waals surface area contributed by atoms with Crippen LogP contribution in [-0.2, 0) is 0 Å². The third kappa shape index (κ3) is 3.31. The number of aromatic amines is 1. The molecular weight excluding hydrogens is 307 g/mol. The van der Waals surface area contributed by atoms with Gasteiger partial charge in [0.25, 0.3) is 5.56 Å². The molecule has 0 aliphatic rings. The van der Waals surface area contributed by atoms with Crippen LogP contribution < -0.4 is 10.3 Å². The first-order valence-electron chi connectivity index (χ1n) is 7.75. The summed E-state index contributed by atoms with van der Waals surface area (Å²) < 4.78 is 19.5. The minimum absolute atomic E-state index is 0.287. The fourth-order valence-electron chi connectivity index (χ4n) is 2.56. The van der Waals surface area contributed by atoms with E-state index in [0.717, 1.165) is 12.1 Å². The van der Waals surface area contributed by atoms with E-state index in [4.69, 9.17) is 4.74 Å². The standard InChI is InChI=1S/C19H19FN2O2/c1-22(2)10-11-24-18-15-9-8-14(20)12-16(15)19(23)21-17(18)13-6-4-3-5-7-13/h3-9,12H,10-11H2,1-2H3,(H,21,23). The summed E-state index contributed by atoms with van der Waals surface area (Å²) in [7, 11) is 3.92. The van der Waals surface area contributed by atoms with Crippen molar-refractivity contribution in [3.05, 3.63) is 64.7 Å². The molecule has 0 saturated heterocycles. The molecule has 5 heteroatoms. The molecule has 0 aliphatic heterocycles. The van der Waals surface area contributed by atoms with Gasteiger partial charge in [0.15, 0.2) is 5.75 Å². The van der Waals surface area contributed by atoms with Crippen LogP contribution in [0.3, 0.4) is 0 Å². The van der Waals surface area contributed by atoms with Crippen LogP contribution in [0.1, 0.15) is 0 Å².